The molecule has 128 valence electrons. The van der Waals surface area contributed by atoms with Crippen molar-refractivity contribution in [1.82, 2.24) is 5.32 Å². The first kappa shape index (κ1) is 17.9. The Kier molecular flexibility index (Phi) is 5.50. The smallest absolute Gasteiger partial charge is 0.319 e. The van der Waals surface area contributed by atoms with Crippen molar-refractivity contribution in [3.8, 4) is 5.75 Å². The largest absolute Gasteiger partial charge is 0.497 e. The summed E-state index contributed by atoms with van der Waals surface area (Å²) in [7, 11) is 1.60. The monoisotopic (exact) mass is 326 g/mol. The molecule has 0 heterocycles. The molecule has 4 nitrogen and oxygen atoms in total. The van der Waals surface area contributed by atoms with E-state index >= 15 is 0 Å². The molecule has 4 heteroatoms. The van der Waals surface area contributed by atoms with Gasteiger partial charge in [-0.15, -0.1) is 0 Å². The maximum absolute atomic E-state index is 12.2. The van der Waals surface area contributed by atoms with Crippen molar-refractivity contribution in [2.75, 3.05) is 12.4 Å². The molecule has 2 amide bonds. The molecule has 24 heavy (non-hydrogen) atoms. The van der Waals surface area contributed by atoms with E-state index in [9.17, 15) is 4.79 Å². The quantitative estimate of drug-likeness (QED) is 0.841. The minimum absolute atomic E-state index is 0.0790. The number of nitrogens with one attached hydrogen (secondary N) is 2. The zero-order valence-corrected chi connectivity index (χ0v) is 15.0. The fourth-order valence-corrected chi connectivity index (χ4v) is 2.42. The predicted molar refractivity (Wildman–Crippen MR) is 98.7 cm³/mol. The second-order valence-electron chi connectivity index (χ2n) is 6.92. The van der Waals surface area contributed by atoms with E-state index < -0.39 is 0 Å². The number of methoxy groups -OCH3 is 1. The number of carbonyl (C=O) groups is 1. The molecular formula is C20H26N2O2. The van der Waals surface area contributed by atoms with Crippen molar-refractivity contribution in [1.29, 1.82) is 0 Å². The topological polar surface area (TPSA) is 50.4 Å². The van der Waals surface area contributed by atoms with E-state index in [0.717, 1.165) is 5.56 Å². The van der Waals surface area contributed by atoms with Crippen molar-refractivity contribution >= 4 is 11.7 Å². The van der Waals surface area contributed by atoms with Gasteiger partial charge in [0.2, 0.25) is 0 Å². The minimum Gasteiger partial charge on any atom is -0.497 e. The van der Waals surface area contributed by atoms with Crippen molar-refractivity contribution in [2.24, 2.45) is 0 Å². The van der Waals surface area contributed by atoms with Gasteiger partial charge in [0.1, 0.15) is 5.75 Å². The maximum atomic E-state index is 12.2. The number of hydrogen-bond donors (Lipinski definition) is 2. The molecule has 2 rings (SSSR count). The number of carbonyl (C=O) groups excluding carboxylic acids is 1. The number of ether oxygens (including phenoxy) is 1. The first-order valence-corrected chi connectivity index (χ1v) is 8.11. The molecular weight excluding hydrogens is 300 g/mol. The lowest BCUT2D eigenvalue weighted by molar-refractivity contribution is 0.249. The summed E-state index contributed by atoms with van der Waals surface area (Å²) in [6, 6.07) is 15.3. The van der Waals surface area contributed by atoms with Gasteiger partial charge in [-0.3, -0.25) is 0 Å². The van der Waals surface area contributed by atoms with Gasteiger partial charge in [0.25, 0.3) is 0 Å². The lowest BCUT2D eigenvalue weighted by atomic mass is 9.86. The van der Waals surface area contributed by atoms with Gasteiger partial charge in [0.05, 0.1) is 13.2 Å². The predicted octanol–water partition coefficient (Wildman–Crippen LogP) is 4.88. The average Bonchev–Trinajstić information content (AvgIpc) is 2.54. The van der Waals surface area contributed by atoms with Crippen LogP contribution in [0.2, 0.25) is 0 Å². The Morgan fingerprint density at radius 2 is 1.75 bits per heavy atom. The Balaban J connectivity index is 1.98. The molecule has 0 aliphatic heterocycles. The van der Waals surface area contributed by atoms with E-state index in [1.165, 1.54) is 5.56 Å². The van der Waals surface area contributed by atoms with Gasteiger partial charge in [-0.05, 0) is 35.6 Å². The zero-order chi connectivity index (χ0) is 17.7. The summed E-state index contributed by atoms with van der Waals surface area (Å²) in [5.41, 5.74) is 3.17. The van der Waals surface area contributed by atoms with Crippen molar-refractivity contribution in [2.45, 2.75) is 39.2 Å². The number of benzene rings is 2. The highest BCUT2D eigenvalue weighted by Crippen LogP contribution is 2.24. The standard InChI is InChI=1S/C20H26N2O2/c1-14(15-9-11-16(12-10-15)20(2,3)4)21-19(23)22-17-7-6-8-18(13-17)24-5/h6-14H,1-5H3,(H2,21,22,23)/t14-/m0/s1. The Labute approximate surface area is 144 Å². The molecule has 1 atom stereocenters. The molecule has 0 unspecified atom stereocenters. The summed E-state index contributed by atoms with van der Waals surface area (Å²) >= 11 is 0. The second-order valence-corrected chi connectivity index (χ2v) is 6.92. The van der Waals surface area contributed by atoms with Crippen LogP contribution in [0.5, 0.6) is 5.75 Å². The lowest BCUT2D eigenvalue weighted by Crippen LogP contribution is -2.31. The van der Waals surface area contributed by atoms with Crippen LogP contribution in [0.4, 0.5) is 10.5 Å². The highest BCUT2D eigenvalue weighted by Gasteiger charge is 2.15. The molecule has 0 bridgehead atoms. The van der Waals surface area contributed by atoms with Gasteiger partial charge in [-0.2, -0.15) is 0 Å². The molecule has 0 fully saturated rings. The van der Waals surface area contributed by atoms with E-state index in [1.807, 2.05) is 25.1 Å². The molecule has 0 aliphatic carbocycles. The van der Waals surface area contributed by atoms with Crippen molar-refractivity contribution in [3.63, 3.8) is 0 Å². The Morgan fingerprint density at radius 3 is 2.33 bits per heavy atom. The number of rotatable bonds is 4. The molecule has 2 aromatic carbocycles. The van der Waals surface area contributed by atoms with Crippen LogP contribution in [0.15, 0.2) is 48.5 Å². The minimum atomic E-state index is -0.240. The normalized spacial score (nSPS) is 12.4. The van der Waals surface area contributed by atoms with Crippen LogP contribution in [-0.2, 0) is 5.41 Å². The summed E-state index contributed by atoms with van der Waals surface area (Å²) in [4.78, 5) is 12.2. The van der Waals surface area contributed by atoms with E-state index in [2.05, 4.69) is 55.7 Å². The van der Waals surface area contributed by atoms with E-state index in [1.54, 1.807) is 13.2 Å². The molecule has 0 saturated heterocycles. The van der Waals surface area contributed by atoms with Crippen molar-refractivity contribution < 1.29 is 9.53 Å². The van der Waals surface area contributed by atoms with Gasteiger partial charge in [-0.1, -0.05) is 51.1 Å². The number of urea groups is 1. The summed E-state index contributed by atoms with van der Waals surface area (Å²) in [6.07, 6.45) is 0. The van der Waals surface area contributed by atoms with Crippen LogP contribution in [0.1, 0.15) is 44.9 Å². The zero-order valence-electron chi connectivity index (χ0n) is 15.0. The molecule has 2 N–H and O–H groups in total. The van der Waals surface area contributed by atoms with E-state index in [4.69, 9.17) is 4.74 Å². The number of hydrogen-bond acceptors (Lipinski definition) is 2. The van der Waals surface area contributed by atoms with Gasteiger partial charge in [-0.25, -0.2) is 4.79 Å². The second kappa shape index (κ2) is 7.39. The number of amides is 2. The third kappa shape index (κ3) is 4.75. The fourth-order valence-electron chi connectivity index (χ4n) is 2.42. The van der Waals surface area contributed by atoms with E-state index in [-0.39, 0.29) is 17.5 Å². The summed E-state index contributed by atoms with van der Waals surface area (Å²) in [6.45, 7) is 8.53. The SMILES string of the molecule is COc1cccc(NC(=O)N[C@@H](C)c2ccc(C(C)(C)C)cc2)c1. The molecule has 0 aliphatic rings. The molecule has 0 radical (unpaired) electrons. The summed E-state index contributed by atoms with van der Waals surface area (Å²) in [5, 5.41) is 5.77. The van der Waals surface area contributed by atoms with Crippen LogP contribution in [0.3, 0.4) is 0 Å². The van der Waals surface area contributed by atoms with Crippen LogP contribution in [-0.4, -0.2) is 13.1 Å². The third-order valence-corrected chi connectivity index (χ3v) is 3.95. The molecule has 0 aromatic heterocycles. The highest BCUT2D eigenvalue weighted by atomic mass is 16.5. The fraction of sp³-hybridized carbons (Fsp3) is 0.350. The van der Waals surface area contributed by atoms with Gasteiger partial charge < -0.3 is 15.4 Å². The van der Waals surface area contributed by atoms with Crippen LogP contribution >= 0.6 is 0 Å². The summed E-state index contributed by atoms with van der Waals surface area (Å²) < 4.78 is 5.15. The number of anilines is 1. The Morgan fingerprint density at radius 1 is 1.08 bits per heavy atom. The maximum Gasteiger partial charge on any atom is 0.319 e. The molecule has 0 saturated carbocycles. The van der Waals surface area contributed by atoms with Crippen LogP contribution in [0, 0.1) is 0 Å². The average molecular weight is 326 g/mol. The van der Waals surface area contributed by atoms with Gasteiger partial charge in [0.15, 0.2) is 0 Å². The Hall–Kier alpha value is -2.49. The highest BCUT2D eigenvalue weighted by molar-refractivity contribution is 5.89. The first-order valence-electron chi connectivity index (χ1n) is 8.11. The summed E-state index contributed by atoms with van der Waals surface area (Å²) in [5.74, 6) is 0.707. The third-order valence-electron chi connectivity index (χ3n) is 3.95. The molecule has 2 aromatic rings. The van der Waals surface area contributed by atoms with Gasteiger partial charge >= 0.3 is 6.03 Å². The Bertz CT molecular complexity index is 688. The van der Waals surface area contributed by atoms with Crippen LogP contribution in [0.25, 0.3) is 0 Å². The van der Waals surface area contributed by atoms with Crippen LogP contribution < -0.4 is 15.4 Å². The first-order chi connectivity index (χ1) is 11.3. The molecule has 0 spiro atoms. The lowest BCUT2D eigenvalue weighted by Gasteiger charge is -2.21. The van der Waals surface area contributed by atoms with Crippen molar-refractivity contribution in [3.05, 3.63) is 59.7 Å². The van der Waals surface area contributed by atoms with E-state index in [0.29, 0.717) is 11.4 Å². The van der Waals surface area contributed by atoms with Gasteiger partial charge in [0, 0.05) is 11.8 Å².